The van der Waals surface area contributed by atoms with E-state index in [9.17, 15) is 4.79 Å². The van der Waals surface area contributed by atoms with Gasteiger partial charge in [0.1, 0.15) is 5.78 Å². The predicted molar refractivity (Wildman–Crippen MR) is 65.6 cm³/mol. The third-order valence-corrected chi connectivity index (χ3v) is 4.24. The van der Waals surface area contributed by atoms with E-state index < -0.39 is 0 Å². The Hall–Kier alpha value is -0.740. The predicted octanol–water partition coefficient (Wildman–Crippen LogP) is 2.40. The topological polar surface area (TPSA) is 33.2 Å². The van der Waals surface area contributed by atoms with Gasteiger partial charge in [0.2, 0.25) is 0 Å². The number of Topliss-reactive ketones (excluding diaryl/α,β-unsaturated/α-hetero) is 1. The number of thiazole rings is 1. The largest absolute Gasteiger partial charge is 0.300 e. The molecule has 0 amide bonds. The molecule has 1 unspecified atom stereocenters. The summed E-state index contributed by atoms with van der Waals surface area (Å²) >= 11 is 1.70. The third-order valence-electron chi connectivity index (χ3n) is 3.32. The minimum absolute atomic E-state index is 0.420. The van der Waals surface area contributed by atoms with Gasteiger partial charge in [0.15, 0.2) is 0 Å². The van der Waals surface area contributed by atoms with E-state index in [1.54, 1.807) is 11.3 Å². The zero-order valence-corrected chi connectivity index (χ0v) is 10.7. The molecule has 0 aliphatic heterocycles. The van der Waals surface area contributed by atoms with Crippen LogP contribution >= 0.6 is 11.3 Å². The summed E-state index contributed by atoms with van der Waals surface area (Å²) < 4.78 is 0. The van der Waals surface area contributed by atoms with Gasteiger partial charge in [-0.05, 0) is 26.8 Å². The number of aryl methyl sites for hydroxylation is 1. The number of carbonyl (C=O) groups is 1. The molecule has 0 spiro atoms. The van der Waals surface area contributed by atoms with Crippen LogP contribution in [0, 0.1) is 6.92 Å². The van der Waals surface area contributed by atoms with Crippen LogP contribution in [0.2, 0.25) is 0 Å². The lowest BCUT2D eigenvalue weighted by Gasteiger charge is -2.30. The number of rotatable bonds is 3. The van der Waals surface area contributed by atoms with E-state index in [2.05, 4.69) is 16.9 Å². The number of aromatic nitrogens is 1. The third kappa shape index (κ3) is 2.68. The molecule has 1 aromatic heterocycles. The van der Waals surface area contributed by atoms with E-state index in [0.717, 1.165) is 37.9 Å². The summed E-state index contributed by atoms with van der Waals surface area (Å²) in [5, 5.41) is 0. The molecule has 0 radical (unpaired) electrons. The van der Waals surface area contributed by atoms with Gasteiger partial charge in [0.05, 0.1) is 11.2 Å². The maximum absolute atomic E-state index is 11.4. The van der Waals surface area contributed by atoms with Gasteiger partial charge in [-0.3, -0.25) is 9.69 Å². The van der Waals surface area contributed by atoms with E-state index in [1.165, 1.54) is 4.88 Å². The maximum Gasteiger partial charge on any atom is 0.134 e. The van der Waals surface area contributed by atoms with Crippen LogP contribution in [0.4, 0.5) is 0 Å². The van der Waals surface area contributed by atoms with Gasteiger partial charge in [-0.25, -0.2) is 4.98 Å². The average molecular weight is 238 g/mol. The fraction of sp³-hybridized carbons (Fsp3) is 0.667. The Balaban J connectivity index is 1.95. The van der Waals surface area contributed by atoms with Crippen molar-refractivity contribution in [1.29, 1.82) is 0 Å². The summed E-state index contributed by atoms with van der Waals surface area (Å²) in [4.78, 5) is 19.3. The van der Waals surface area contributed by atoms with Crippen LogP contribution in [0.1, 0.15) is 36.3 Å². The lowest BCUT2D eigenvalue weighted by Crippen LogP contribution is -2.35. The molecule has 2 rings (SSSR count). The van der Waals surface area contributed by atoms with Crippen LogP contribution in [0.5, 0.6) is 0 Å². The fourth-order valence-corrected chi connectivity index (χ4v) is 3.05. The normalized spacial score (nSPS) is 21.7. The molecular formula is C12H18N2OS. The van der Waals surface area contributed by atoms with Crippen molar-refractivity contribution >= 4 is 17.1 Å². The monoisotopic (exact) mass is 238 g/mol. The molecule has 4 heteroatoms. The first-order valence-electron chi connectivity index (χ1n) is 5.77. The van der Waals surface area contributed by atoms with Crippen LogP contribution in [0.25, 0.3) is 0 Å². The second-order valence-corrected chi connectivity index (χ2v) is 5.50. The molecule has 0 saturated heterocycles. The first kappa shape index (κ1) is 11.7. The van der Waals surface area contributed by atoms with Crippen molar-refractivity contribution in [2.45, 2.75) is 45.2 Å². The maximum atomic E-state index is 11.4. The molecule has 1 fully saturated rings. The Morgan fingerprint density at radius 1 is 1.62 bits per heavy atom. The summed E-state index contributed by atoms with van der Waals surface area (Å²) in [5.74, 6) is 0.420. The lowest BCUT2D eigenvalue weighted by atomic mass is 9.93. The molecule has 1 heterocycles. The standard InChI is InChI=1S/C12H18N2OS/c1-9-12(16-8-13-9)7-14(2)10-4-3-5-11(15)6-10/h8,10H,3-7H2,1-2H3. The van der Waals surface area contributed by atoms with Gasteiger partial charge in [-0.2, -0.15) is 0 Å². The highest BCUT2D eigenvalue weighted by Gasteiger charge is 2.23. The molecule has 3 nitrogen and oxygen atoms in total. The van der Waals surface area contributed by atoms with E-state index in [4.69, 9.17) is 0 Å². The average Bonchev–Trinajstić information content (AvgIpc) is 2.64. The molecule has 16 heavy (non-hydrogen) atoms. The Kier molecular flexibility index (Phi) is 3.71. The van der Waals surface area contributed by atoms with E-state index in [0.29, 0.717) is 11.8 Å². The molecule has 1 aliphatic rings. The number of carbonyl (C=O) groups excluding carboxylic acids is 1. The smallest absolute Gasteiger partial charge is 0.134 e. The number of hydrogen-bond donors (Lipinski definition) is 0. The molecule has 1 aliphatic carbocycles. The summed E-state index contributed by atoms with van der Waals surface area (Å²) in [5.41, 5.74) is 3.02. The van der Waals surface area contributed by atoms with Gasteiger partial charge in [0, 0.05) is 30.3 Å². The van der Waals surface area contributed by atoms with Crippen LogP contribution < -0.4 is 0 Å². The van der Waals surface area contributed by atoms with Crippen molar-refractivity contribution in [3.05, 3.63) is 16.1 Å². The first-order chi connectivity index (χ1) is 7.66. The molecule has 1 atom stereocenters. The fourth-order valence-electron chi connectivity index (χ4n) is 2.21. The zero-order valence-electron chi connectivity index (χ0n) is 9.90. The molecule has 0 bridgehead atoms. The number of ketones is 1. The van der Waals surface area contributed by atoms with Crippen LogP contribution in [0.3, 0.4) is 0 Å². The summed E-state index contributed by atoms with van der Waals surface area (Å²) in [6.45, 7) is 2.97. The minimum Gasteiger partial charge on any atom is -0.300 e. The highest BCUT2D eigenvalue weighted by Crippen LogP contribution is 2.22. The van der Waals surface area contributed by atoms with E-state index in [-0.39, 0.29) is 0 Å². The van der Waals surface area contributed by atoms with Crippen molar-refractivity contribution in [2.24, 2.45) is 0 Å². The number of nitrogens with zero attached hydrogens (tertiary/aromatic N) is 2. The molecule has 1 saturated carbocycles. The molecular weight excluding hydrogens is 220 g/mol. The highest BCUT2D eigenvalue weighted by atomic mass is 32.1. The second kappa shape index (κ2) is 5.06. The quantitative estimate of drug-likeness (QED) is 0.810. The van der Waals surface area contributed by atoms with Gasteiger partial charge < -0.3 is 0 Å². The second-order valence-electron chi connectivity index (χ2n) is 4.56. The van der Waals surface area contributed by atoms with Gasteiger partial charge in [0.25, 0.3) is 0 Å². The SMILES string of the molecule is Cc1ncsc1CN(C)C1CCCC(=O)C1. The van der Waals surface area contributed by atoms with Crippen molar-refractivity contribution in [1.82, 2.24) is 9.88 Å². The number of hydrogen-bond acceptors (Lipinski definition) is 4. The Morgan fingerprint density at radius 3 is 3.06 bits per heavy atom. The van der Waals surface area contributed by atoms with Crippen molar-refractivity contribution < 1.29 is 4.79 Å². The minimum atomic E-state index is 0.420. The van der Waals surface area contributed by atoms with Gasteiger partial charge in [-0.1, -0.05) is 0 Å². The van der Waals surface area contributed by atoms with Crippen molar-refractivity contribution in [3.8, 4) is 0 Å². The van der Waals surface area contributed by atoms with Gasteiger partial charge in [-0.15, -0.1) is 11.3 Å². The van der Waals surface area contributed by atoms with Crippen LogP contribution in [0.15, 0.2) is 5.51 Å². The Morgan fingerprint density at radius 2 is 2.44 bits per heavy atom. The summed E-state index contributed by atoms with van der Waals surface area (Å²) in [7, 11) is 2.11. The Bertz CT molecular complexity index is 375. The molecule has 88 valence electrons. The Labute approximate surface area is 100 Å². The lowest BCUT2D eigenvalue weighted by molar-refractivity contribution is -0.121. The summed E-state index contributed by atoms with van der Waals surface area (Å²) in [6.07, 6.45) is 3.72. The molecule has 0 aromatic carbocycles. The zero-order chi connectivity index (χ0) is 11.5. The highest BCUT2D eigenvalue weighted by molar-refractivity contribution is 7.09. The first-order valence-corrected chi connectivity index (χ1v) is 6.65. The van der Waals surface area contributed by atoms with E-state index in [1.807, 2.05) is 12.4 Å². The molecule has 0 N–H and O–H groups in total. The van der Waals surface area contributed by atoms with Crippen molar-refractivity contribution in [3.63, 3.8) is 0 Å². The van der Waals surface area contributed by atoms with Gasteiger partial charge >= 0.3 is 0 Å². The van der Waals surface area contributed by atoms with E-state index >= 15 is 0 Å². The van der Waals surface area contributed by atoms with Crippen molar-refractivity contribution in [2.75, 3.05) is 7.05 Å². The van der Waals surface area contributed by atoms with Crippen LogP contribution in [-0.4, -0.2) is 28.8 Å². The molecule has 1 aromatic rings. The summed E-state index contributed by atoms with van der Waals surface area (Å²) in [6, 6.07) is 0.433. The van der Waals surface area contributed by atoms with Crippen LogP contribution in [-0.2, 0) is 11.3 Å².